The van der Waals surface area contributed by atoms with Gasteiger partial charge in [-0.05, 0) is 13.6 Å². The Kier molecular flexibility index (Phi) is 6.86. The maximum Gasteiger partial charge on any atom is 0.0905 e. The summed E-state index contributed by atoms with van der Waals surface area (Å²) in [4.78, 5) is 3.97. The highest BCUT2D eigenvalue weighted by Gasteiger charge is 2.27. The minimum absolute atomic E-state index is 0.114. The van der Waals surface area contributed by atoms with E-state index >= 15 is 0 Å². The van der Waals surface area contributed by atoms with E-state index in [2.05, 4.69) is 11.7 Å². The molecule has 0 aliphatic carbocycles. The first-order valence-corrected chi connectivity index (χ1v) is 5.76. The first kappa shape index (κ1) is 17.4. The van der Waals surface area contributed by atoms with Gasteiger partial charge in [0.1, 0.15) is 0 Å². The van der Waals surface area contributed by atoms with Crippen molar-refractivity contribution in [1.29, 1.82) is 0 Å². The van der Waals surface area contributed by atoms with Crippen molar-refractivity contribution in [3.63, 3.8) is 0 Å². The largest absolute Gasteiger partial charge is 0.376 e. The number of aliphatic imine (C=N–C) groups is 1. The van der Waals surface area contributed by atoms with Crippen molar-refractivity contribution in [2.45, 2.75) is 43.3 Å². The number of ether oxygens (including phenoxy) is 1. The zero-order chi connectivity index (χ0) is 14.4. The number of hydrogen-bond donors (Lipinski definition) is 6. The average molecular weight is 261 g/mol. The summed E-state index contributed by atoms with van der Waals surface area (Å²) in [5, 5.41) is 0. The monoisotopic (exact) mass is 261 g/mol. The fourth-order valence-electron chi connectivity index (χ4n) is 1.64. The minimum atomic E-state index is -1.07. The molecule has 0 aromatic heterocycles. The Balaban J connectivity index is 4.18. The van der Waals surface area contributed by atoms with Crippen molar-refractivity contribution in [2.75, 3.05) is 13.2 Å². The third-order valence-corrected chi connectivity index (χ3v) is 2.46. The average Bonchev–Trinajstić information content (AvgIpc) is 2.13. The van der Waals surface area contributed by atoms with Gasteiger partial charge in [-0.15, -0.1) is 0 Å². The number of hydrogen-bond acceptors (Lipinski definition) is 8. The summed E-state index contributed by atoms with van der Waals surface area (Å²) in [5.41, 5.74) is 31.9. The van der Waals surface area contributed by atoms with Crippen LogP contribution in [0.15, 0.2) is 4.99 Å². The van der Waals surface area contributed by atoms with Crippen molar-refractivity contribution in [2.24, 2.45) is 39.4 Å². The van der Waals surface area contributed by atoms with Crippen molar-refractivity contribution in [3.05, 3.63) is 0 Å². The molecule has 1 unspecified atom stereocenters. The van der Waals surface area contributed by atoms with Gasteiger partial charge in [0, 0.05) is 12.8 Å². The maximum absolute atomic E-state index is 5.79. The fourth-order valence-corrected chi connectivity index (χ4v) is 1.64. The predicted molar refractivity (Wildman–Crippen MR) is 73.4 cm³/mol. The topological polar surface area (TPSA) is 178 Å². The van der Waals surface area contributed by atoms with Crippen LogP contribution in [0.2, 0.25) is 0 Å². The van der Waals surface area contributed by atoms with Gasteiger partial charge >= 0.3 is 0 Å². The van der Waals surface area contributed by atoms with Crippen LogP contribution in [0, 0.1) is 0 Å². The molecule has 0 saturated carbocycles. The zero-order valence-electron chi connectivity index (χ0n) is 11.0. The minimum Gasteiger partial charge on any atom is -0.376 e. The van der Waals surface area contributed by atoms with E-state index in [4.69, 9.17) is 39.1 Å². The molecule has 0 bridgehead atoms. The summed E-state index contributed by atoms with van der Waals surface area (Å²) in [6.45, 7) is 5.74. The molecular weight excluding hydrogens is 234 g/mol. The van der Waals surface area contributed by atoms with Gasteiger partial charge in [-0.2, -0.15) is 0 Å². The van der Waals surface area contributed by atoms with Crippen LogP contribution in [0.25, 0.3) is 0 Å². The molecule has 0 heterocycles. The Morgan fingerprint density at radius 2 is 1.56 bits per heavy atom. The van der Waals surface area contributed by atoms with Gasteiger partial charge < -0.3 is 39.1 Å². The summed E-state index contributed by atoms with van der Waals surface area (Å²) >= 11 is 0. The number of nitrogens with two attached hydrogens (primary N) is 6. The fraction of sp³-hybridized carbons (Fsp3) is 0.900. The molecule has 108 valence electrons. The van der Waals surface area contributed by atoms with Crippen LogP contribution in [0.3, 0.4) is 0 Å². The quantitative estimate of drug-likeness (QED) is 0.194. The number of rotatable bonds is 9. The predicted octanol–water partition coefficient (Wildman–Crippen LogP) is -2.66. The molecular formula is C10H27N7O. The molecule has 12 N–H and O–H groups in total. The van der Waals surface area contributed by atoms with Crippen LogP contribution in [0.5, 0.6) is 0 Å². The Bertz CT molecular complexity index is 257. The van der Waals surface area contributed by atoms with Gasteiger partial charge in [-0.1, -0.05) is 0 Å². The van der Waals surface area contributed by atoms with Gasteiger partial charge in [-0.25, -0.2) is 0 Å². The summed E-state index contributed by atoms with van der Waals surface area (Å²) in [6, 6.07) is 0. The van der Waals surface area contributed by atoms with Crippen LogP contribution in [0.1, 0.15) is 19.8 Å². The smallest absolute Gasteiger partial charge is 0.0905 e. The molecule has 0 radical (unpaired) electrons. The van der Waals surface area contributed by atoms with E-state index < -0.39 is 23.5 Å². The van der Waals surface area contributed by atoms with E-state index in [-0.39, 0.29) is 19.6 Å². The van der Waals surface area contributed by atoms with Crippen LogP contribution in [0.4, 0.5) is 0 Å². The van der Waals surface area contributed by atoms with Gasteiger partial charge in [-0.3, -0.25) is 4.99 Å². The van der Waals surface area contributed by atoms with Crippen LogP contribution in [-0.4, -0.2) is 43.5 Å². The first-order valence-electron chi connectivity index (χ1n) is 5.76. The molecule has 0 aromatic rings. The normalized spacial score (nSPS) is 16.1. The molecule has 8 heteroatoms. The zero-order valence-corrected chi connectivity index (χ0v) is 11.0. The second kappa shape index (κ2) is 7.10. The Hall–Kier alpha value is -0.610. The van der Waals surface area contributed by atoms with E-state index in [1.165, 1.54) is 0 Å². The molecule has 18 heavy (non-hydrogen) atoms. The van der Waals surface area contributed by atoms with Crippen molar-refractivity contribution >= 4 is 6.72 Å². The molecule has 0 spiro atoms. The molecule has 0 aliphatic heterocycles. The number of nitrogens with zero attached hydrogens (tertiary/aromatic N) is 1. The lowest BCUT2D eigenvalue weighted by atomic mass is 9.98. The van der Waals surface area contributed by atoms with E-state index in [0.717, 1.165) is 0 Å². The Morgan fingerprint density at radius 3 is 1.94 bits per heavy atom. The molecule has 0 amide bonds. The first-order chi connectivity index (χ1) is 8.10. The molecule has 1 atom stereocenters. The lowest BCUT2D eigenvalue weighted by molar-refractivity contribution is 0.0476. The van der Waals surface area contributed by atoms with Crippen molar-refractivity contribution in [3.8, 4) is 0 Å². The Labute approximate surface area is 108 Å². The van der Waals surface area contributed by atoms with E-state index in [1.807, 2.05) is 6.92 Å². The van der Waals surface area contributed by atoms with Gasteiger partial charge in [0.15, 0.2) is 0 Å². The third-order valence-electron chi connectivity index (χ3n) is 2.46. The van der Waals surface area contributed by atoms with Crippen molar-refractivity contribution < 1.29 is 4.74 Å². The van der Waals surface area contributed by atoms with Crippen LogP contribution in [-0.2, 0) is 4.74 Å². The summed E-state index contributed by atoms with van der Waals surface area (Å²) < 4.78 is 5.45. The Morgan fingerprint density at radius 1 is 1.06 bits per heavy atom. The molecule has 0 aliphatic rings. The summed E-state index contributed by atoms with van der Waals surface area (Å²) in [5.74, 6) is 0. The summed E-state index contributed by atoms with van der Waals surface area (Å²) in [7, 11) is 0. The molecule has 0 rings (SSSR count). The maximum atomic E-state index is 5.79. The third kappa shape index (κ3) is 7.67. The van der Waals surface area contributed by atoms with Gasteiger partial charge in [0.05, 0.1) is 36.7 Å². The van der Waals surface area contributed by atoms with Gasteiger partial charge in [0.2, 0.25) is 0 Å². The highest BCUT2D eigenvalue weighted by molar-refractivity contribution is 5.26. The van der Waals surface area contributed by atoms with E-state index in [1.54, 1.807) is 0 Å². The SMILES string of the molecule is C=NC(C)(COCC(N)(N)CC(N)N)CC(N)N. The second-order valence-electron chi connectivity index (χ2n) is 5.12. The van der Waals surface area contributed by atoms with Crippen LogP contribution < -0.4 is 34.4 Å². The lowest BCUT2D eigenvalue weighted by Crippen LogP contribution is -2.58. The van der Waals surface area contributed by atoms with Crippen molar-refractivity contribution in [1.82, 2.24) is 0 Å². The molecule has 0 aromatic carbocycles. The highest BCUT2D eigenvalue weighted by Crippen LogP contribution is 2.16. The standard InChI is InChI=1S/C10H27N7O/c1-9(17-2,3-7(11)12)5-18-6-10(15,16)4-8(13)14/h7-8H,2-6,11-16H2,1H3. The second-order valence-corrected chi connectivity index (χ2v) is 5.12. The molecule has 0 fully saturated rings. The molecule has 0 saturated heterocycles. The highest BCUT2D eigenvalue weighted by atomic mass is 16.5. The van der Waals surface area contributed by atoms with Crippen LogP contribution >= 0.6 is 0 Å². The van der Waals surface area contributed by atoms with E-state index in [9.17, 15) is 0 Å². The molecule has 8 nitrogen and oxygen atoms in total. The lowest BCUT2D eigenvalue weighted by Gasteiger charge is -2.30. The summed E-state index contributed by atoms with van der Waals surface area (Å²) in [6.07, 6.45) is -0.358. The van der Waals surface area contributed by atoms with Gasteiger partial charge in [0.25, 0.3) is 0 Å². The van der Waals surface area contributed by atoms with E-state index in [0.29, 0.717) is 6.42 Å².